The van der Waals surface area contributed by atoms with Crippen LogP contribution in [0.25, 0.3) is 0 Å². The molecule has 1 saturated heterocycles. The van der Waals surface area contributed by atoms with Gasteiger partial charge in [-0.05, 0) is 49.4 Å². The highest BCUT2D eigenvalue weighted by Crippen LogP contribution is 2.15. The largest absolute Gasteiger partial charge is 0.381 e. The van der Waals surface area contributed by atoms with E-state index in [1.54, 1.807) is 12.1 Å². The minimum absolute atomic E-state index is 0.184. The minimum atomic E-state index is -3.48. The Hall–Kier alpha value is -1.64. The van der Waals surface area contributed by atoms with Gasteiger partial charge in [0.25, 0.3) is 0 Å². The molecular formula is C16H25N3O4S. The molecule has 1 aliphatic rings. The molecule has 0 spiro atoms. The molecule has 1 aliphatic heterocycles. The number of sulfonamides is 1. The third-order valence-electron chi connectivity index (χ3n) is 3.86. The lowest BCUT2D eigenvalue weighted by Crippen LogP contribution is -2.35. The van der Waals surface area contributed by atoms with Gasteiger partial charge < -0.3 is 15.4 Å². The summed E-state index contributed by atoms with van der Waals surface area (Å²) < 4.78 is 31.7. The molecule has 0 aromatic heterocycles. The van der Waals surface area contributed by atoms with Gasteiger partial charge in [-0.1, -0.05) is 6.92 Å². The Morgan fingerprint density at radius 1 is 1.21 bits per heavy atom. The van der Waals surface area contributed by atoms with E-state index in [0.29, 0.717) is 24.7 Å². The zero-order chi connectivity index (χ0) is 17.4. The van der Waals surface area contributed by atoms with Crippen LogP contribution in [0.4, 0.5) is 10.5 Å². The highest BCUT2D eigenvalue weighted by atomic mass is 32.2. The van der Waals surface area contributed by atoms with Gasteiger partial charge in [0.05, 0.1) is 4.90 Å². The van der Waals surface area contributed by atoms with Crippen molar-refractivity contribution in [3.63, 3.8) is 0 Å². The number of hydrogen-bond donors (Lipinski definition) is 3. The first kappa shape index (κ1) is 18.7. The predicted octanol–water partition coefficient (Wildman–Crippen LogP) is 1.92. The van der Waals surface area contributed by atoms with Crippen molar-refractivity contribution in [2.45, 2.75) is 31.1 Å². The number of anilines is 1. The average Bonchev–Trinajstić information content (AvgIpc) is 2.60. The molecule has 1 fully saturated rings. The van der Waals surface area contributed by atoms with Crippen molar-refractivity contribution in [1.29, 1.82) is 0 Å². The van der Waals surface area contributed by atoms with Gasteiger partial charge in [-0.25, -0.2) is 17.9 Å². The normalized spacial score (nSPS) is 15.9. The molecule has 1 aromatic rings. The van der Waals surface area contributed by atoms with E-state index in [1.807, 2.05) is 6.92 Å². The van der Waals surface area contributed by atoms with E-state index in [-0.39, 0.29) is 10.9 Å². The molecule has 1 heterocycles. The Morgan fingerprint density at radius 2 is 1.88 bits per heavy atom. The molecule has 1 aromatic carbocycles. The molecule has 0 atom stereocenters. The number of benzene rings is 1. The Labute approximate surface area is 143 Å². The van der Waals surface area contributed by atoms with E-state index >= 15 is 0 Å². The van der Waals surface area contributed by atoms with Crippen LogP contribution in [0.15, 0.2) is 29.2 Å². The lowest BCUT2D eigenvalue weighted by atomic mass is 10.0. The Kier molecular flexibility index (Phi) is 7.01. The summed E-state index contributed by atoms with van der Waals surface area (Å²) in [5.41, 5.74) is 0.550. The molecular weight excluding hydrogens is 330 g/mol. The second-order valence-electron chi connectivity index (χ2n) is 5.81. The van der Waals surface area contributed by atoms with Crippen LogP contribution in [0.2, 0.25) is 0 Å². The van der Waals surface area contributed by atoms with Gasteiger partial charge in [-0.2, -0.15) is 0 Å². The zero-order valence-electron chi connectivity index (χ0n) is 13.9. The number of hydrogen-bond acceptors (Lipinski definition) is 4. The molecule has 24 heavy (non-hydrogen) atoms. The standard InChI is InChI=1S/C16H25N3O4S/c1-2-9-18-24(21,22)15-5-3-14(4-6-15)19-16(20)17-12-13-7-10-23-11-8-13/h3-6,13,18H,2,7-12H2,1H3,(H2,17,19,20). The summed E-state index contributed by atoms with van der Waals surface area (Å²) in [6, 6.07) is 5.82. The molecule has 0 radical (unpaired) electrons. The minimum Gasteiger partial charge on any atom is -0.381 e. The third-order valence-corrected chi connectivity index (χ3v) is 5.33. The van der Waals surface area contributed by atoms with Crippen molar-refractivity contribution >= 4 is 21.7 Å². The number of rotatable bonds is 7. The predicted molar refractivity (Wildman–Crippen MR) is 92.5 cm³/mol. The Bertz CT molecular complexity index is 625. The van der Waals surface area contributed by atoms with E-state index in [2.05, 4.69) is 15.4 Å². The maximum Gasteiger partial charge on any atom is 0.319 e. The van der Waals surface area contributed by atoms with Crippen molar-refractivity contribution in [3.8, 4) is 0 Å². The van der Waals surface area contributed by atoms with Gasteiger partial charge in [-0.15, -0.1) is 0 Å². The third kappa shape index (κ3) is 5.77. The molecule has 0 bridgehead atoms. The first-order valence-electron chi connectivity index (χ1n) is 8.23. The number of amides is 2. The average molecular weight is 355 g/mol. The van der Waals surface area contributed by atoms with Gasteiger partial charge in [0, 0.05) is 32.0 Å². The number of carbonyl (C=O) groups excluding carboxylic acids is 1. The fourth-order valence-corrected chi connectivity index (χ4v) is 3.53. The van der Waals surface area contributed by atoms with Gasteiger partial charge in [0.2, 0.25) is 10.0 Å². The Balaban J connectivity index is 1.83. The SMILES string of the molecule is CCCNS(=O)(=O)c1ccc(NC(=O)NCC2CCOCC2)cc1. The first-order chi connectivity index (χ1) is 11.5. The van der Waals surface area contributed by atoms with Crippen molar-refractivity contribution in [2.75, 3.05) is 31.6 Å². The number of carbonyl (C=O) groups is 1. The van der Waals surface area contributed by atoms with Gasteiger partial charge >= 0.3 is 6.03 Å². The highest BCUT2D eigenvalue weighted by Gasteiger charge is 2.15. The van der Waals surface area contributed by atoms with Gasteiger partial charge in [0.1, 0.15) is 0 Å². The van der Waals surface area contributed by atoms with Crippen LogP contribution < -0.4 is 15.4 Å². The zero-order valence-corrected chi connectivity index (χ0v) is 14.7. The van der Waals surface area contributed by atoms with Crippen molar-refractivity contribution < 1.29 is 17.9 Å². The lowest BCUT2D eigenvalue weighted by Gasteiger charge is -2.22. The van der Waals surface area contributed by atoms with Crippen LogP contribution >= 0.6 is 0 Å². The number of ether oxygens (including phenoxy) is 1. The topological polar surface area (TPSA) is 96.5 Å². The maximum atomic E-state index is 12.0. The van der Waals surface area contributed by atoms with Crippen molar-refractivity contribution in [3.05, 3.63) is 24.3 Å². The van der Waals surface area contributed by atoms with Crippen LogP contribution in [-0.2, 0) is 14.8 Å². The molecule has 0 saturated carbocycles. The number of nitrogens with one attached hydrogen (secondary N) is 3. The molecule has 0 aliphatic carbocycles. The second kappa shape index (κ2) is 9.00. The van der Waals surface area contributed by atoms with Crippen molar-refractivity contribution in [1.82, 2.24) is 10.0 Å². The van der Waals surface area contributed by atoms with E-state index in [1.165, 1.54) is 12.1 Å². The highest BCUT2D eigenvalue weighted by molar-refractivity contribution is 7.89. The summed E-state index contributed by atoms with van der Waals surface area (Å²) in [7, 11) is -3.48. The van der Waals surface area contributed by atoms with Crippen LogP contribution in [0.1, 0.15) is 26.2 Å². The summed E-state index contributed by atoms with van der Waals surface area (Å²) in [4.78, 5) is 12.1. The van der Waals surface area contributed by atoms with Gasteiger partial charge in [-0.3, -0.25) is 0 Å². The van der Waals surface area contributed by atoms with Crippen LogP contribution in [0.5, 0.6) is 0 Å². The maximum absolute atomic E-state index is 12.0. The molecule has 2 amide bonds. The lowest BCUT2D eigenvalue weighted by molar-refractivity contribution is 0.0671. The molecule has 8 heteroatoms. The summed E-state index contributed by atoms with van der Waals surface area (Å²) in [6.07, 6.45) is 2.64. The van der Waals surface area contributed by atoms with E-state index in [9.17, 15) is 13.2 Å². The van der Waals surface area contributed by atoms with Crippen LogP contribution in [-0.4, -0.2) is 40.8 Å². The molecule has 2 rings (SSSR count). The molecule has 7 nitrogen and oxygen atoms in total. The smallest absolute Gasteiger partial charge is 0.319 e. The van der Waals surface area contributed by atoms with E-state index in [4.69, 9.17) is 4.74 Å². The summed E-state index contributed by atoms with van der Waals surface area (Å²) in [6.45, 7) is 4.40. The molecule has 3 N–H and O–H groups in total. The second-order valence-corrected chi connectivity index (χ2v) is 7.58. The van der Waals surface area contributed by atoms with Gasteiger partial charge in [0.15, 0.2) is 0 Å². The fraction of sp³-hybridized carbons (Fsp3) is 0.562. The summed E-state index contributed by atoms with van der Waals surface area (Å²) in [5, 5.41) is 5.54. The molecule has 0 unspecified atom stereocenters. The fourth-order valence-electron chi connectivity index (χ4n) is 2.40. The monoisotopic (exact) mass is 355 g/mol. The van der Waals surface area contributed by atoms with Crippen molar-refractivity contribution in [2.24, 2.45) is 5.92 Å². The van der Waals surface area contributed by atoms with Crippen LogP contribution in [0.3, 0.4) is 0 Å². The van der Waals surface area contributed by atoms with Crippen LogP contribution in [0, 0.1) is 5.92 Å². The first-order valence-corrected chi connectivity index (χ1v) is 9.72. The van der Waals surface area contributed by atoms with E-state index < -0.39 is 10.0 Å². The summed E-state index contributed by atoms with van der Waals surface area (Å²) >= 11 is 0. The Morgan fingerprint density at radius 3 is 2.50 bits per heavy atom. The number of urea groups is 1. The summed E-state index contributed by atoms with van der Waals surface area (Å²) in [5.74, 6) is 0.446. The quantitative estimate of drug-likeness (QED) is 0.696. The molecule has 134 valence electrons. The van der Waals surface area contributed by atoms with E-state index in [0.717, 1.165) is 32.5 Å².